The van der Waals surface area contributed by atoms with Crippen molar-refractivity contribution in [1.82, 2.24) is 19.9 Å². The lowest BCUT2D eigenvalue weighted by atomic mass is 10.1. The van der Waals surface area contributed by atoms with E-state index < -0.39 is 10.0 Å². The van der Waals surface area contributed by atoms with Crippen LogP contribution in [0.2, 0.25) is 0 Å². The summed E-state index contributed by atoms with van der Waals surface area (Å²) in [6, 6.07) is 2.98. The molecule has 2 N–H and O–H groups in total. The monoisotopic (exact) mass is 452 g/mol. The van der Waals surface area contributed by atoms with Gasteiger partial charge in [-0.15, -0.1) is 0 Å². The third kappa shape index (κ3) is 5.74. The van der Waals surface area contributed by atoms with Crippen LogP contribution in [-0.4, -0.2) is 49.5 Å². The number of carbonyl (C=O) groups is 1. The van der Waals surface area contributed by atoms with Gasteiger partial charge in [0.15, 0.2) is 11.7 Å². The molecule has 0 radical (unpaired) electrons. The molecule has 0 atom stereocenters. The van der Waals surface area contributed by atoms with Gasteiger partial charge in [0, 0.05) is 12.7 Å². The molecular weight excluding hydrogens is 428 g/mol. The zero-order valence-corrected chi connectivity index (χ0v) is 18.9. The topological polar surface area (TPSA) is 116 Å². The second kappa shape index (κ2) is 9.96. The van der Waals surface area contributed by atoms with Crippen molar-refractivity contribution in [2.45, 2.75) is 32.2 Å². The van der Waals surface area contributed by atoms with E-state index in [2.05, 4.69) is 31.6 Å². The quantitative estimate of drug-likeness (QED) is 0.613. The maximum atomic E-state index is 13.0. The zero-order chi connectivity index (χ0) is 22.5. The summed E-state index contributed by atoms with van der Waals surface area (Å²) in [4.78, 5) is 27.2. The molecule has 30 heavy (non-hydrogen) atoms. The number of amidine groups is 2. The first-order chi connectivity index (χ1) is 14.1. The van der Waals surface area contributed by atoms with Gasteiger partial charge < -0.3 is 5.32 Å². The van der Waals surface area contributed by atoms with Crippen molar-refractivity contribution in [3.63, 3.8) is 0 Å². The number of aliphatic imine (C=N–C) groups is 2. The standard InChI is InChI=1S/C19H25ClN6O3S/c1-6-16-18(24-13(4)20)26(11-12(2)3)19(27)17(25-16)23-9-14-7-8-15(10-22-14)30(28,29)21-5/h6-8,10,12,21H,4,9,11H2,1-3,5H3,(H,23,25)/b16-6+,24-18?. The van der Waals surface area contributed by atoms with Gasteiger partial charge in [0.25, 0.3) is 5.91 Å². The lowest BCUT2D eigenvalue weighted by Gasteiger charge is -2.32. The fourth-order valence-electron chi connectivity index (χ4n) is 2.63. The average Bonchev–Trinajstić information content (AvgIpc) is 2.70. The zero-order valence-electron chi connectivity index (χ0n) is 17.3. The molecule has 1 amide bonds. The van der Waals surface area contributed by atoms with Gasteiger partial charge in [-0.2, -0.15) is 0 Å². The van der Waals surface area contributed by atoms with Crippen LogP contribution in [0.1, 0.15) is 26.5 Å². The van der Waals surface area contributed by atoms with Crippen LogP contribution in [0.25, 0.3) is 0 Å². The fraction of sp³-hybridized carbons (Fsp3) is 0.368. The van der Waals surface area contributed by atoms with Crippen LogP contribution in [-0.2, 0) is 21.4 Å². The molecule has 2 rings (SSSR count). The second-order valence-corrected chi connectivity index (χ2v) is 9.13. The molecule has 1 fully saturated rings. The first-order valence-corrected chi connectivity index (χ1v) is 11.1. The van der Waals surface area contributed by atoms with Crippen molar-refractivity contribution >= 4 is 39.2 Å². The summed E-state index contributed by atoms with van der Waals surface area (Å²) in [6.07, 6.45) is 3.01. The Hall–Kier alpha value is -2.56. The molecule has 1 aliphatic heterocycles. The summed E-state index contributed by atoms with van der Waals surface area (Å²) in [7, 11) is -2.24. The highest BCUT2D eigenvalue weighted by Crippen LogP contribution is 2.16. The summed E-state index contributed by atoms with van der Waals surface area (Å²) in [5, 5.41) is 3.05. The van der Waals surface area contributed by atoms with Gasteiger partial charge in [-0.25, -0.2) is 18.1 Å². The Balaban J connectivity index is 2.32. The number of nitrogens with zero attached hydrogens (tertiary/aromatic N) is 4. The third-order valence-corrected chi connectivity index (χ3v) is 5.52. The molecular formula is C19H25ClN6O3S. The Labute approximate surface area is 181 Å². The van der Waals surface area contributed by atoms with Gasteiger partial charge in [-0.05, 0) is 32.0 Å². The van der Waals surface area contributed by atoms with E-state index >= 15 is 0 Å². The number of halogens is 1. The first kappa shape index (κ1) is 23.7. The van der Waals surface area contributed by atoms with Crippen molar-refractivity contribution in [3.8, 4) is 0 Å². The summed E-state index contributed by atoms with van der Waals surface area (Å²) in [5.74, 6) is 0.357. The Kier molecular flexibility index (Phi) is 7.88. The van der Waals surface area contributed by atoms with Crippen LogP contribution in [0.5, 0.6) is 0 Å². The second-order valence-electron chi connectivity index (χ2n) is 6.81. The number of nitrogens with one attached hydrogen (secondary N) is 2. The van der Waals surface area contributed by atoms with Crippen LogP contribution in [0, 0.1) is 5.92 Å². The molecule has 9 nitrogen and oxygen atoms in total. The van der Waals surface area contributed by atoms with E-state index in [9.17, 15) is 13.2 Å². The number of sulfonamides is 1. The Morgan fingerprint density at radius 3 is 2.63 bits per heavy atom. The smallest absolute Gasteiger partial charge is 0.294 e. The number of hydrogen-bond donors (Lipinski definition) is 2. The van der Waals surface area contributed by atoms with Gasteiger partial charge in [-0.1, -0.05) is 38.1 Å². The van der Waals surface area contributed by atoms with Crippen molar-refractivity contribution in [3.05, 3.63) is 47.5 Å². The number of hydrogen-bond acceptors (Lipinski definition) is 6. The molecule has 0 spiro atoms. The van der Waals surface area contributed by atoms with Crippen LogP contribution in [0.3, 0.4) is 0 Å². The van der Waals surface area contributed by atoms with Crippen molar-refractivity contribution < 1.29 is 13.2 Å². The summed E-state index contributed by atoms with van der Waals surface area (Å²) in [5.41, 5.74) is 1.09. The van der Waals surface area contributed by atoms with Crippen molar-refractivity contribution in [1.29, 1.82) is 0 Å². The van der Waals surface area contributed by atoms with Gasteiger partial charge >= 0.3 is 0 Å². The Morgan fingerprint density at radius 2 is 2.13 bits per heavy atom. The molecule has 0 saturated carbocycles. The van der Waals surface area contributed by atoms with Gasteiger partial charge in [0.05, 0.1) is 17.9 Å². The van der Waals surface area contributed by atoms with Crippen molar-refractivity contribution in [2.24, 2.45) is 15.9 Å². The minimum absolute atomic E-state index is 0.0507. The highest BCUT2D eigenvalue weighted by atomic mass is 35.5. The maximum Gasteiger partial charge on any atom is 0.294 e. The molecule has 0 unspecified atom stereocenters. The molecule has 0 aromatic carbocycles. The predicted molar refractivity (Wildman–Crippen MR) is 117 cm³/mol. The van der Waals surface area contributed by atoms with E-state index in [1.54, 1.807) is 19.1 Å². The van der Waals surface area contributed by atoms with Gasteiger partial charge in [0.1, 0.15) is 10.1 Å². The van der Waals surface area contributed by atoms with Crippen molar-refractivity contribution in [2.75, 3.05) is 13.6 Å². The Morgan fingerprint density at radius 1 is 1.43 bits per heavy atom. The number of rotatable bonds is 7. The number of amides is 1. The molecule has 1 aromatic rings. The van der Waals surface area contributed by atoms with E-state index in [-0.39, 0.29) is 34.3 Å². The molecule has 1 aromatic heterocycles. The van der Waals surface area contributed by atoms with Crippen LogP contribution >= 0.6 is 11.6 Å². The predicted octanol–water partition coefficient (Wildman–Crippen LogP) is 1.99. The summed E-state index contributed by atoms with van der Waals surface area (Å²) < 4.78 is 25.8. The molecule has 162 valence electrons. The number of piperazine rings is 1. The minimum atomic E-state index is -3.56. The summed E-state index contributed by atoms with van der Waals surface area (Å²) >= 11 is 5.86. The van der Waals surface area contributed by atoms with E-state index in [0.717, 1.165) is 0 Å². The lowest BCUT2D eigenvalue weighted by Crippen LogP contribution is -2.55. The number of allylic oxidation sites excluding steroid dienone is 1. The Bertz CT molecular complexity index is 1010. The molecule has 2 heterocycles. The number of pyridine rings is 1. The molecule has 1 saturated heterocycles. The lowest BCUT2D eigenvalue weighted by molar-refractivity contribution is -0.121. The van der Waals surface area contributed by atoms with E-state index in [4.69, 9.17) is 11.6 Å². The van der Waals surface area contributed by atoms with E-state index in [1.165, 1.54) is 24.2 Å². The van der Waals surface area contributed by atoms with Gasteiger partial charge in [0.2, 0.25) is 10.0 Å². The average molecular weight is 453 g/mol. The first-order valence-electron chi connectivity index (χ1n) is 9.20. The SMILES string of the molecule is C=C(Cl)N=C1/C(=C\C)NC(=NCc2ccc(S(=O)(=O)NC)cn2)C(=O)N1CC(C)C. The van der Waals surface area contributed by atoms with Crippen LogP contribution in [0.15, 0.2) is 56.7 Å². The maximum absolute atomic E-state index is 13.0. The van der Waals surface area contributed by atoms with E-state index in [1.807, 2.05) is 13.8 Å². The number of aromatic nitrogens is 1. The van der Waals surface area contributed by atoms with E-state index in [0.29, 0.717) is 23.8 Å². The normalized spacial score (nSPS) is 19.1. The molecule has 0 bridgehead atoms. The molecule has 11 heteroatoms. The molecule has 1 aliphatic rings. The number of carbonyl (C=O) groups excluding carboxylic acids is 1. The highest BCUT2D eigenvalue weighted by Gasteiger charge is 2.33. The summed E-state index contributed by atoms with van der Waals surface area (Å²) in [6.45, 7) is 9.87. The largest absolute Gasteiger partial charge is 0.333 e. The minimum Gasteiger partial charge on any atom is -0.333 e. The highest BCUT2D eigenvalue weighted by molar-refractivity contribution is 7.89. The third-order valence-electron chi connectivity index (χ3n) is 4.04. The van der Waals surface area contributed by atoms with Crippen LogP contribution in [0.4, 0.5) is 0 Å². The fourth-order valence-corrected chi connectivity index (χ4v) is 3.38. The van der Waals surface area contributed by atoms with Gasteiger partial charge in [-0.3, -0.25) is 19.7 Å². The van der Waals surface area contributed by atoms with Crippen LogP contribution < -0.4 is 10.0 Å². The molecule has 0 aliphatic carbocycles.